The van der Waals surface area contributed by atoms with Gasteiger partial charge in [0.15, 0.2) is 11.5 Å². The highest BCUT2D eigenvalue weighted by Gasteiger charge is 2.38. The van der Waals surface area contributed by atoms with Gasteiger partial charge in [-0.3, -0.25) is 9.69 Å². The van der Waals surface area contributed by atoms with Crippen molar-refractivity contribution in [1.82, 2.24) is 4.90 Å². The number of benzene rings is 3. The van der Waals surface area contributed by atoms with E-state index >= 15 is 0 Å². The van der Waals surface area contributed by atoms with Crippen LogP contribution in [0.4, 0.5) is 0 Å². The summed E-state index contributed by atoms with van der Waals surface area (Å²) < 4.78 is 16.7. The van der Waals surface area contributed by atoms with Gasteiger partial charge in [-0.25, -0.2) is 0 Å². The predicted octanol–water partition coefficient (Wildman–Crippen LogP) is 4.50. The summed E-state index contributed by atoms with van der Waals surface area (Å²) in [6.07, 6.45) is 1.46. The molecule has 0 bridgehead atoms. The van der Waals surface area contributed by atoms with Crippen LogP contribution < -0.4 is 14.2 Å². The third kappa shape index (κ3) is 3.79. The van der Waals surface area contributed by atoms with E-state index in [1.807, 2.05) is 30.3 Å². The molecule has 1 N–H and O–H groups in total. The SMILES string of the molecule is COc1cc(C(c2cccc3ccccc23)N2CCCC2C(=O)O)cc(OC)c1OC. The summed E-state index contributed by atoms with van der Waals surface area (Å²) in [6, 6.07) is 17.4. The van der Waals surface area contributed by atoms with Crippen molar-refractivity contribution in [2.24, 2.45) is 0 Å². The largest absolute Gasteiger partial charge is 0.493 e. The van der Waals surface area contributed by atoms with Crippen LogP contribution in [0.2, 0.25) is 0 Å². The van der Waals surface area contributed by atoms with E-state index in [0.717, 1.165) is 28.3 Å². The average Bonchev–Trinajstić information content (AvgIpc) is 3.28. The maximum Gasteiger partial charge on any atom is 0.320 e. The molecular formula is C25H27NO5. The molecule has 6 nitrogen and oxygen atoms in total. The molecule has 0 spiro atoms. The van der Waals surface area contributed by atoms with Crippen LogP contribution >= 0.6 is 0 Å². The van der Waals surface area contributed by atoms with Crippen molar-refractivity contribution in [3.05, 3.63) is 65.7 Å². The first-order valence-electron chi connectivity index (χ1n) is 10.3. The van der Waals surface area contributed by atoms with Crippen molar-refractivity contribution in [2.75, 3.05) is 27.9 Å². The third-order valence-corrected chi connectivity index (χ3v) is 6.03. The number of hydrogen-bond acceptors (Lipinski definition) is 5. The minimum Gasteiger partial charge on any atom is -0.493 e. The lowest BCUT2D eigenvalue weighted by Gasteiger charge is -2.33. The molecule has 2 atom stereocenters. The summed E-state index contributed by atoms with van der Waals surface area (Å²) in [5.74, 6) is 0.818. The van der Waals surface area contributed by atoms with Gasteiger partial charge >= 0.3 is 5.97 Å². The fourth-order valence-electron chi connectivity index (χ4n) is 4.66. The van der Waals surface area contributed by atoms with Crippen LogP contribution in [0.15, 0.2) is 54.6 Å². The van der Waals surface area contributed by atoms with Crippen LogP contribution in [0.1, 0.15) is 30.0 Å². The van der Waals surface area contributed by atoms with Crippen LogP contribution in [0, 0.1) is 0 Å². The molecule has 1 saturated heterocycles. The van der Waals surface area contributed by atoms with Crippen LogP contribution in [0.5, 0.6) is 17.2 Å². The fraction of sp³-hybridized carbons (Fsp3) is 0.320. The Kier molecular flexibility index (Phi) is 6.00. The summed E-state index contributed by atoms with van der Waals surface area (Å²) in [6.45, 7) is 0.696. The molecule has 0 aromatic heterocycles. The zero-order valence-electron chi connectivity index (χ0n) is 18.0. The third-order valence-electron chi connectivity index (χ3n) is 6.03. The number of methoxy groups -OCH3 is 3. The highest BCUT2D eigenvalue weighted by Crippen LogP contribution is 2.44. The van der Waals surface area contributed by atoms with Crippen LogP contribution in [-0.2, 0) is 4.79 Å². The van der Waals surface area contributed by atoms with E-state index in [4.69, 9.17) is 14.2 Å². The monoisotopic (exact) mass is 421 g/mol. The number of carboxylic acid groups (broad SMARTS) is 1. The lowest BCUT2D eigenvalue weighted by Crippen LogP contribution is -2.39. The Morgan fingerprint density at radius 2 is 1.68 bits per heavy atom. The molecule has 1 aliphatic rings. The van der Waals surface area contributed by atoms with E-state index < -0.39 is 12.0 Å². The molecule has 0 saturated carbocycles. The summed E-state index contributed by atoms with van der Waals surface area (Å²) in [5, 5.41) is 12.1. The maximum atomic E-state index is 12.1. The number of aliphatic carboxylic acids is 1. The van der Waals surface area contributed by atoms with Gasteiger partial charge in [0.1, 0.15) is 6.04 Å². The summed E-state index contributed by atoms with van der Waals surface area (Å²) >= 11 is 0. The van der Waals surface area contributed by atoms with Crippen molar-refractivity contribution in [1.29, 1.82) is 0 Å². The van der Waals surface area contributed by atoms with E-state index in [1.54, 1.807) is 21.3 Å². The zero-order chi connectivity index (χ0) is 22.0. The number of rotatable bonds is 7. The second-order valence-electron chi connectivity index (χ2n) is 7.66. The van der Waals surface area contributed by atoms with Gasteiger partial charge in [-0.1, -0.05) is 42.5 Å². The topological polar surface area (TPSA) is 68.2 Å². The van der Waals surface area contributed by atoms with Crippen LogP contribution in [-0.4, -0.2) is 49.9 Å². The molecule has 1 fully saturated rings. The highest BCUT2D eigenvalue weighted by atomic mass is 16.5. The van der Waals surface area contributed by atoms with Crippen molar-refractivity contribution >= 4 is 16.7 Å². The lowest BCUT2D eigenvalue weighted by molar-refractivity contribution is -0.142. The molecule has 31 heavy (non-hydrogen) atoms. The molecule has 162 valence electrons. The Morgan fingerprint density at radius 3 is 2.32 bits per heavy atom. The average molecular weight is 421 g/mol. The molecule has 3 aromatic rings. The van der Waals surface area contributed by atoms with Gasteiger partial charge in [0.2, 0.25) is 5.75 Å². The number of carboxylic acids is 1. The van der Waals surface area contributed by atoms with Crippen LogP contribution in [0.25, 0.3) is 10.8 Å². The summed E-state index contributed by atoms with van der Waals surface area (Å²) in [5.41, 5.74) is 1.96. The van der Waals surface area contributed by atoms with Crippen molar-refractivity contribution < 1.29 is 24.1 Å². The molecule has 0 radical (unpaired) electrons. The Morgan fingerprint density at radius 1 is 1.00 bits per heavy atom. The minimum atomic E-state index is -0.796. The second-order valence-corrected chi connectivity index (χ2v) is 7.66. The number of likely N-dealkylation sites (tertiary alicyclic amines) is 1. The first-order valence-corrected chi connectivity index (χ1v) is 10.3. The minimum absolute atomic E-state index is 0.275. The fourth-order valence-corrected chi connectivity index (χ4v) is 4.66. The highest BCUT2D eigenvalue weighted by molar-refractivity contribution is 5.86. The van der Waals surface area contributed by atoms with Crippen LogP contribution in [0.3, 0.4) is 0 Å². The summed E-state index contributed by atoms with van der Waals surface area (Å²) in [7, 11) is 4.75. The van der Waals surface area contributed by atoms with E-state index in [9.17, 15) is 9.90 Å². The number of hydrogen-bond donors (Lipinski definition) is 1. The molecule has 4 rings (SSSR count). The van der Waals surface area contributed by atoms with E-state index in [2.05, 4.69) is 29.2 Å². The van der Waals surface area contributed by atoms with E-state index in [-0.39, 0.29) is 6.04 Å². The molecule has 3 aromatic carbocycles. The predicted molar refractivity (Wildman–Crippen MR) is 119 cm³/mol. The van der Waals surface area contributed by atoms with Gasteiger partial charge in [0, 0.05) is 6.54 Å². The summed E-state index contributed by atoms with van der Waals surface area (Å²) in [4.78, 5) is 14.2. The Labute approximate surface area is 182 Å². The Bertz CT molecular complexity index is 1070. The standard InChI is InChI=1S/C25H27NO5/c1-29-21-14-17(15-22(30-2)24(21)31-3)23(26-13-7-12-20(26)25(27)28)19-11-6-9-16-8-4-5-10-18(16)19/h4-6,8-11,14-15,20,23H,7,12-13H2,1-3H3,(H,27,28). The Balaban J connectivity index is 1.97. The number of carbonyl (C=O) groups is 1. The first-order chi connectivity index (χ1) is 15.1. The molecular weight excluding hydrogens is 394 g/mol. The van der Waals surface area contributed by atoms with Gasteiger partial charge in [0.05, 0.1) is 27.4 Å². The quantitative estimate of drug-likeness (QED) is 0.606. The second kappa shape index (κ2) is 8.86. The van der Waals surface area contributed by atoms with Crippen molar-refractivity contribution in [2.45, 2.75) is 24.9 Å². The van der Waals surface area contributed by atoms with Crippen molar-refractivity contribution in [3.63, 3.8) is 0 Å². The Hall–Kier alpha value is -3.25. The van der Waals surface area contributed by atoms with Gasteiger partial charge in [-0.15, -0.1) is 0 Å². The smallest absolute Gasteiger partial charge is 0.320 e. The van der Waals surface area contributed by atoms with Gasteiger partial charge in [-0.2, -0.15) is 0 Å². The van der Waals surface area contributed by atoms with E-state index in [1.165, 1.54) is 0 Å². The number of fused-ring (bicyclic) bond motifs is 1. The van der Waals surface area contributed by atoms with Gasteiger partial charge in [0.25, 0.3) is 0 Å². The number of nitrogens with zero attached hydrogens (tertiary/aromatic N) is 1. The van der Waals surface area contributed by atoms with Crippen molar-refractivity contribution in [3.8, 4) is 17.2 Å². The maximum absolute atomic E-state index is 12.1. The molecule has 1 aliphatic heterocycles. The lowest BCUT2D eigenvalue weighted by atomic mass is 9.91. The normalized spacial score (nSPS) is 17.5. The van der Waals surface area contributed by atoms with E-state index in [0.29, 0.717) is 30.2 Å². The molecule has 1 heterocycles. The van der Waals surface area contributed by atoms with Gasteiger partial charge < -0.3 is 19.3 Å². The molecule has 0 amide bonds. The molecule has 2 unspecified atom stereocenters. The zero-order valence-corrected chi connectivity index (χ0v) is 18.0. The molecule has 6 heteroatoms. The van der Waals surface area contributed by atoms with Gasteiger partial charge in [-0.05, 0) is 46.9 Å². The molecule has 0 aliphatic carbocycles. The number of ether oxygens (including phenoxy) is 3. The first kappa shape index (κ1) is 21.0.